The number of nitrogens with one attached hydrogen (secondary N) is 1. The first-order chi connectivity index (χ1) is 12.1. The van der Waals surface area contributed by atoms with Gasteiger partial charge < -0.3 is 23.3 Å². The Balaban J connectivity index is 3.83. The Morgan fingerprint density at radius 1 is 0.800 bits per heavy atom. The molecule has 0 aromatic heterocycles. The molecule has 0 rings (SSSR count). The molecule has 0 aromatic carbocycles. The van der Waals surface area contributed by atoms with Crippen LogP contribution in [0.3, 0.4) is 0 Å². The van der Waals surface area contributed by atoms with Crippen LogP contribution in [0.2, 0.25) is 6.04 Å². The zero-order valence-electron chi connectivity index (χ0n) is 16.7. The molecule has 0 fully saturated rings. The van der Waals surface area contributed by atoms with Crippen LogP contribution < -0.4 is 5.32 Å². The quantitative estimate of drug-likeness (QED) is 0.298. The van der Waals surface area contributed by atoms with E-state index in [1.165, 1.54) is 25.7 Å². The normalized spacial score (nSPS) is 11.5. The van der Waals surface area contributed by atoms with Gasteiger partial charge in [-0.05, 0) is 33.6 Å². The van der Waals surface area contributed by atoms with Crippen LogP contribution in [0.5, 0.6) is 0 Å². The molecular formula is C18H39NO5Si. The van der Waals surface area contributed by atoms with Gasteiger partial charge in [-0.3, -0.25) is 0 Å². The zero-order chi connectivity index (χ0) is 18.8. The van der Waals surface area contributed by atoms with Gasteiger partial charge in [0.25, 0.3) is 0 Å². The molecule has 1 N–H and O–H groups in total. The number of ether oxygens (including phenoxy) is 1. The minimum absolute atomic E-state index is 0.343. The van der Waals surface area contributed by atoms with Crippen LogP contribution in [0.1, 0.15) is 72.6 Å². The van der Waals surface area contributed by atoms with E-state index in [2.05, 4.69) is 12.2 Å². The van der Waals surface area contributed by atoms with Gasteiger partial charge in [0.15, 0.2) is 0 Å². The third-order valence-electron chi connectivity index (χ3n) is 3.75. The van der Waals surface area contributed by atoms with Crippen LogP contribution in [-0.4, -0.2) is 47.9 Å². The Morgan fingerprint density at radius 2 is 1.36 bits per heavy atom. The lowest BCUT2D eigenvalue weighted by atomic mass is 10.1. The van der Waals surface area contributed by atoms with Crippen molar-refractivity contribution in [3.8, 4) is 0 Å². The second-order valence-electron chi connectivity index (χ2n) is 5.92. The van der Waals surface area contributed by atoms with E-state index in [4.69, 9.17) is 18.0 Å². The standard InChI is InChI=1S/C18H39NO5Si/c1-5-9-10-11-12-13-16-21-18(20)19-15-14-17-25(22-6-2,23-7-3)24-8-4/h5-17H2,1-4H3,(H,19,20). The fourth-order valence-electron chi connectivity index (χ4n) is 2.59. The van der Waals surface area contributed by atoms with Gasteiger partial charge in [0.05, 0.1) is 6.61 Å². The van der Waals surface area contributed by atoms with Crippen LogP contribution in [0, 0.1) is 0 Å². The van der Waals surface area contributed by atoms with E-state index in [9.17, 15) is 4.79 Å². The number of rotatable bonds is 17. The van der Waals surface area contributed by atoms with Crippen molar-refractivity contribution >= 4 is 14.9 Å². The molecule has 0 aliphatic heterocycles. The highest BCUT2D eigenvalue weighted by Gasteiger charge is 2.39. The minimum atomic E-state index is -2.61. The van der Waals surface area contributed by atoms with E-state index in [-0.39, 0.29) is 6.09 Å². The third-order valence-corrected chi connectivity index (χ3v) is 6.90. The molecule has 0 aliphatic carbocycles. The largest absolute Gasteiger partial charge is 0.500 e. The maximum atomic E-state index is 11.7. The van der Waals surface area contributed by atoms with Crippen LogP contribution in [0.25, 0.3) is 0 Å². The van der Waals surface area contributed by atoms with Crippen molar-refractivity contribution in [1.82, 2.24) is 5.32 Å². The fourth-order valence-corrected chi connectivity index (χ4v) is 5.21. The SMILES string of the molecule is CCCCCCCCOC(=O)NCCC[Si](OCC)(OCC)OCC. The summed E-state index contributed by atoms with van der Waals surface area (Å²) in [5.74, 6) is 0. The lowest BCUT2D eigenvalue weighted by molar-refractivity contribution is 0.0706. The summed E-state index contributed by atoms with van der Waals surface area (Å²) in [5, 5.41) is 2.79. The number of unbranched alkanes of at least 4 members (excludes halogenated alkanes) is 5. The summed E-state index contributed by atoms with van der Waals surface area (Å²) in [4.78, 5) is 11.7. The van der Waals surface area contributed by atoms with Gasteiger partial charge in [-0.15, -0.1) is 0 Å². The molecule has 0 aromatic rings. The Kier molecular flexibility index (Phi) is 16.4. The van der Waals surface area contributed by atoms with Crippen LogP contribution in [-0.2, 0) is 18.0 Å². The highest BCUT2D eigenvalue weighted by molar-refractivity contribution is 6.60. The summed E-state index contributed by atoms with van der Waals surface area (Å²) in [6.45, 7) is 10.8. The summed E-state index contributed by atoms with van der Waals surface area (Å²) in [6.07, 6.45) is 7.50. The highest BCUT2D eigenvalue weighted by Crippen LogP contribution is 2.17. The second kappa shape index (κ2) is 16.8. The van der Waals surface area contributed by atoms with E-state index in [1.54, 1.807) is 0 Å². The average Bonchev–Trinajstić information content (AvgIpc) is 2.59. The Labute approximate surface area is 155 Å². The molecule has 7 heteroatoms. The van der Waals surface area contributed by atoms with Crippen LogP contribution in [0.4, 0.5) is 4.79 Å². The molecule has 0 heterocycles. The first kappa shape index (κ1) is 24.4. The maximum absolute atomic E-state index is 11.7. The van der Waals surface area contributed by atoms with Crippen molar-refractivity contribution in [2.75, 3.05) is 33.0 Å². The Bertz CT molecular complexity index is 301. The van der Waals surface area contributed by atoms with Crippen LogP contribution >= 0.6 is 0 Å². The number of carbonyl (C=O) groups excluding carboxylic acids is 1. The van der Waals surface area contributed by atoms with Gasteiger partial charge in [-0.1, -0.05) is 39.0 Å². The fraction of sp³-hybridized carbons (Fsp3) is 0.944. The number of hydrogen-bond donors (Lipinski definition) is 1. The smallest absolute Gasteiger partial charge is 0.450 e. The molecule has 0 aliphatic rings. The first-order valence-corrected chi connectivity index (χ1v) is 11.9. The number of carbonyl (C=O) groups is 1. The Morgan fingerprint density at radius 3 is 1.92 bits per heavy atom. The molecule has 6 nitrogen and oxygen atoms in total. The molecule has 0 atom stereocenters. The van der Waals surface area contributed by atoms with Gasteiger partial charge in [0.1, 0.15) is 0 Å². The number of alkyl carbamates (subject to hydrolysis) is 1. The van der Waals surface area contributed by atoms with Gasteiger partial charge in [-0.2, -0.15) is 0 Å². The van der Waals surface area contributed by atoms with Gasteiger partial charge in [0.2, 0.25) is 0 Å². The molecule has 0 saturated heterocycles. The third kappa shape index (κ3) is 13.3. The van der Waals surface area contributed by atoms with Crippen molar-refractivity contribution in [2.24, 2.45) is 0 Å². The number of amides is 1. The summed E-state index contributed by atoms with van der Waals surface area (Å²) >= 11 is 0. The zero-order valence-corrected chi connectivity index (χ0v) is 17.7. The second-order valence-corrected chi connectivity index (χ2v) is 8.65. The average molecular weight is 378 g/mol. The van der Waals surface area contributed by atoms with Crippen molar-refractivity contribution < 1.29 is 22.8 Å². The minimum Gasteiger partial charge on any atom is -0.450 e. The first-order valence-electron chi connectivity index (χ1n) is 9.96. The monoisotopic (exact) mass is 377 g/mol. The lowest BCUT2D eigenvalue weighted by Gasteiger charge is -2.28. The van der Waals surface area contributed by atoms with Gasteiger partial charge in [-0.25, -0.2) is 4.79 Å². The molecule has 150 valence electrons. The summed E-state index contributed by atoms with van der Waals surface area (Å²) in [7, 11) is -2.61. The predicted octanol–water partition coefficient (Wildman–Crippen LogP) is 4.51. The molecule has 0 radical (unpaired) electrons. The van der Waals surface area contributed by atoms with E-state index in [0.717, 1.165) is 19.3 Å². The predicted molar refractivity (Wildman–Crippen MR) is 103 cm³/mol. The molecule has 0 unspecified atom stereocenters. The summed E-state index contributed by atoms with van der Waals surface area (Å²) < 4.78 is 22.6. The molecule has 0 saturated carbocycles. The lowest BCUT2D eigenvalue weighted by Crippen LogP contribution is -2.46. The topological polar surface area (TPSA) is 66.0 Å². The Hall–Kier alpha value is -0.633. The maximum Gasteiger partial charge on any atom is 0.500 e. The molecule has 0 bridgehead atoms. The van der Waals surface area contributed by atoms with Crippen molar-refractivity contribution in [2.45, 2.75) is 78.7 Å². The van der Waals surface area contributed by atoms with Gasteiger partial charge >= 0.3 is 14.9 Å². The molecule has 0 spiro atoms. The van der Waals surface area contributed by atoms with E-state index >= 15 is 0 Å². The van der Waals surface area contributed by atoms with E-state index < -0.39 is 8.80 Å². The van der Waals surface area contributed by atoms with Crippen molar-refractivity contribution in [1.29, 1.82) is 0 Å². The van der Waals surface area contributed by atoms with Crippen molar-refractivity contribution in [3.05, 3.63) is 0 Å². The van der Waals surface area contributed by atoms with E-state index in [1.807, 2.05) is 20.8 Å². The van der Waals surface area contributed by atoms with E-state index in [0.29, 0.717) is 39.0 Å². The summed E-state index contributed by atoms with van der Waals surface area (Å²) in [5.41, 5.74) is 0. The number of hydrogen-bond acceptors (Lipinski definition) is 5. The summed E-state index contributed by atoms with van der Waals surface area (Å²) in [6, 6.07) is 0.695. The highest BCUT2D eigenvalue weighted by atomic mass is 28.4. The van der Waals surface area contributed by atoms with Gasteiger partial charge in [0, 0.05) is 32.4 Å². The molecular weight excluding hydrogens is 338 g/mol. The molecule has 25 heavy (non-hydrogen) atoms. The van der Waals surface area contributed by atoms with Crippen molar-refractivity contribution in [3.63, 3.8) is 0 Å². The molecule has 1 amide bonds. The van der Waals surface area contributed by atoms with Crippen LogP contribution in [0.15, 0.2) is 0 Å².